The van der Waals surface area contributed by atoms with Crippen molar-refractivity contribution in [1.82, 2.24) is 9.62 Å². The maximum absolute atomic E-state index is 13.0. The Morgan fingerprint density at radius 2 is 1.68 bits per heavy atom. The van der Waals surface area contributed by atoms with Crippen LogP contribution >= 0.6 is 0 Å². The number of hydrogen-bond donors (Lipinski definition) is 1. The second-order valence-electron chi connectivity index (χ2n) is 7.86. The maximum atomic E-state index is 13.0. The van der Waals surface area contributed by atoms with Gasteiger partial charge < -0.3 is 14.8 Å². The van der Waals surface area contributed by atoms with Gasteiger partial charge in [-0.25, -0.2) is 8.42 Å². The number of amides is 1. The van der Waals surface area contributed by atoms with Crippen LogP contribution in [-0.4, -0.2) is 39.4 Å². The van der Waals surface area contributed by atoms with Gasteiger partial charge in [-0.15, -0.1) is 0 Å². The Morgan fingerprint density at radius 1 is 1.00 bits per heavy atom. The lowest BCUT2D eigenvalue weighted by Gasteiger charge is -2.20. The maximum Gasteiger partial charge on any atom is 0.251 e. The number of nitrogens with zero attached hydrogens (tertiary/aromatic N) is 1. The van der Waals surface area contributed by atoms with Crippen molar-refractivity contribution in [3.63, 3.8) is 0 Å². The van der Waals surface area contributed by atoms with Gasteiger partial charge in [0.25, 0.3) is 5.91 Å². The summed E-state index contributed by atoms with van der Waals surface area (Å²) in [6, 6.07) is 19.2. The van der Waals surface area contributed by atoms with Gasteiger partial charge in [0.2, 0.25) is 10.0 Å². The molecule has 34 heavy (non-hydrogen) atoms. The Bertz CT molecular complexity index is 1220. The fraction of sp³-hybridized carbons (Fsp3) is 0.269. The van der Waals surface area contributed by atoms with Crippen LogP contribution in [0.2, 0.25) is 0 Å². The van der Waals surface area contributed by atoms with Crippen molar-refractivity contribution in [3.05, 3.63) is 89.0 Å². The molecule has 8 heteroatoms. The average Bonchev–Trinajstić information content (AvgIpc) is 2.84. The molecule has 180 valence electrons. The van der Waals surface area contributed by atoms with E-state index in [1.54, 1.807) is 49.6 Å². The predicted molar refractivity (Wildman–Crippen MR) is 132 cm³/mol. The fourth-order valence-electron chi connectivity index (χ4n) is 3.38. The highest BCUT2D eigenvalue weighted by atomic mass is 32.2. The molecule has 0 atom stereocenters. The molecule has 0 saturated carbocycles. The van der Waals surface area contributed by atoms with Gasteiger partial charge >= 0.3 is 0 Å². The van der Waals surface area contributed by atoms with Gasteiger partial charge in [0.1, 0.15) is 11.5 Å². The standard InChI is InChI=1S/C26H30N2O5S/c1-5-33-25-15-10-21(26(29)27-17-20-8-11-23(32-4)12-9-20)16-22(25)18-28(3)34(30,31)24-13-6-19(2)7-14-24/h6-16H,5,17-18H2,1-4H3,(H,27,29). The SMILES string of the molecule is CCOc1ccc(C(=O)NCc2ccc(OC)cc2)cc1CN(C)S(=O)(=O)c1ccc(C)cc1. The van der Waals surface area contributed by atoms with Crippen LogP contribution in [0, 0.1) is 6.92 Å². The molecule has 3 rings (SSSR count). The number of rotatable bonds is 10. The highest BCUT2D eigenvalue weighted by molar-refractivity contribution is 7.89. The molecule has 0 fully saturated rings. The molecule has 1 N–H and O–H groups in total. The normalized spacial score (nSPS) is 11.3. The molecule has 0 radical (unpaired) electrons. The second-order valence-corrected chi connectivity index (χ2v) is 9.91. The molecular weight excluding hydrogens is 452 g/mol. The first-order chi connectivity index (χ1) is 16.2. The molecule has 0 unspecified atom stereocenters. The lowest BCUT2D eigenvalue weighted by molar-refractivity contribution is 0.0950. The second kappa shape index (κ2) is 11.2. The molecular formula is C26H30N2O5S. The molecule has 1 amide bonds. The molecule has 0 spiro atoms. The Hall–Kier alpha value is -3.36. The van der Waals surface area contributed by atoms with E-state index in [9.17, 15) is 13.2 Å². The van der Waals surface area contributed by atoms with Gasteiger partial charge in [0.05, 0.1) is 18.6 Å². The first-order valence-electron chi connectivity index (χ1n) is 10.9. The summed E-state index contributed by atoms with van der Waals surface area (Å²) in [7, 11) is -0.588. The summed E-state index contributed by atoms with van der Waals surface area (Å²) in [6.07, 6.45) is 0. The zero-order valence-corrected chi connectivity index (χ0v) is 20.7. The Balaban J connectivity index is 1.78. The zero-order chi connectivity index (χ0) is 24.7. The molecule has 0 aliphatic rings. The number of nitrogens with one attached hydrogen (secondary N) is 1. The van der Waals surface area contributed by atoms with Gasteiger partial charge in [-0.05, 0) is 61.9 Å². The minimum Gasteiger partial charge on any atom is -0.497 e. The molecule has 3 aromatic rings. The van der Waals surface area contributed by atoms with E-state index >= 15 is 0 Å². The molecule has 0 aliphatic heterocycles. The summed E-state index contributed by atoms with van der Waals surface area (Å²) in [4.78, 5) is 13.0. The number of carbonyl (C=O) groups excluding carboxylic acids is 1. The van der Waals surface area contributed by atoms with E-state index in [1.807, 2.05) is 38.1 Å². The summed E-state index contributed by atoms with van der Waals surface area (Å²) < 4.78 is 38.2. The largest absolute Gasteiger partial charge is 0.497 e. The average molecular weight is 483 g/mol. The summed E-state index contributed by atoms with van der Waals surface area (Å²) in [5.41, 5.74) is 2.95. The van der Waals surface area contributed by atoms with E-state index in [-0.39, 0.29) is 17.3 Å². The molecule has 0 saturated heterocycles. The Kier molecular flexibility index (Phi) is 8.31. The van der Waals surface area contributed by atoms with Crippen LogP contribution in [0.3, 0.4) is 0 Å². The monoisotopic (exact) mass is 482 g/mol. The number of hydrogen-bond acceptors (Lipinski definition) is 5. The quantitative estimate of drug-likeness (QED) is 0.469. The first-order valence-corrected chi connectivity index (χ1v) is 12.4. The number of methoxy groups -OCH3 is 1. The lowest BCUT2D eigenvalue weighted by atomic mass is 10.1. The van der Waals surface area contributed by atoms with Gasteiger partial charge in [0, 0.05) is 31.3 Å². The third-order valence-corrected chi connectivity index (χ3v) is 7.17. The fourth-order valence-corrected chi connectivity index (χ4v) is 4.53. The Morgan fingerprint density at radius 3 is 2.29 bits per heavy atom. The molecule has 0 bridgehead atoms. The van der Waals surface area contributed by atoms with Crippen LogP contribution in [0.25, 0.3) is 0 Å². The van der Waals surface area contributed by atoms with Gasteiger partial charge in [0.15, 0.2) is 0 Å². The summed E-state index contributed by atoms with van der Waals surface area (Å²) >= 11 is 0. The molecule has 0 heterocycles. The van der Waals surface area contributed by atoms with Crippen LogP contribution in [0.1, 0.15) is 34.0 Å². The molecule has 0 aromatic heterocycles. The zero-order valence-electron chi connectivity index (χ0n) is 19.9. The van der Waals surface area contributed by atoms with E-state index < -0.39 is 10.0 Å². The highest BCUT2D eigenvalue weighted by Crippen LogP contribution is 2.25. The minimum atomic E-state index is -3.70. The van der Waals surface area contributed by atoms with E-state index in [1.165, 1.54) is 11.4 Å². The van der Waals surface area contributed by atoms with Crippen LogP contribution in [0.15, 0.2) is 71.6 Å². The van der Waals surface area contributed by atoms with Crippen molar-refractivity contribution in [2.75, 3.05) is 20.8 Å². The number of ether oxygens (including phenoxy) is 2. The van der Waals surface area contributed by atoms with Crippen LogP contribution in [0.4, 0.5) is 0 Å². The van der Waals surface area contributed by atoms with E-state index in [0.717, 1.165) is 16.9 Å². The summed E-state index contributed by atoms with van der Waals surface area (Å²) in [5, 5.41) is 2.89. The van der Waals surface area contributed by atoms with Crippen LogP contribution in [0.5, 0.6) is 11.5 Å². The third-order valence-electron chi connectivity index (χ3n) is 5.36. The third kappa shape index (κ3) is 6.15. The van der Waals surface area contributed by atoms with Crippen molar-refractivity contribution in [1.29, 1.82) is 0 Å². The van der Waals surface area contributed by atoms with Crippen molar-refractivity contribution in [2.45, 2.75) is 31.8 Å². The summed E-state index contributed by atoms with van der Waals surface area (Å²) in [6.45, 7) is 4.59. The predicted octanol–water partition coefficient (Wildman–Crippen LogP) is 4.15. The number of sulfonamides is 1. The van der Waals surface area contributed by atoms with Gasteiger partial charge in [-0.2, -0.15) is 4.31 Å². The van der Waals surface area contributed by atoms with E-state index in [0.29, 0.717) is 30.0 Å². The summed E-state index contributed by atoms with van der Waals surface area (Å²) in [5.74, 6) is 1.03. The van der Waals surface area contributed by atoms with Gasteiger partial charge in [-0.1, -0.05) is 29.8 Å². The Labute approximate surface area is 201 Å². The van der Waals surface area contributed by atoms with Gasteiger partial charge in [-0.3, -0.25) is 4.79 Å². The molecule has 7 nitrogen and oxygen atoms in total. The molecule has 3 aromatic carbocycles. The number of carbonyl (C=O) groups is 1. The smallest absolute Gasteiger partial charge is 0.251 e. The van der Waals surface area contributed by atoms with Crippen LogP contribution < -0.4 is 14.8 Å². The topological polar surface area (TPSA) is 84.9 Å². The minimum absolute atomic E-state index is 0.0607. The van der Waals surface area contributed by atoms with E-state index in [2.05, 4.69) is 5.32 Å². The molecule has 0 aliphatic carbocycles. The number of benzene rings is 3. The first kappa shape index (κ1) is 25.3. The lowest BCUT2D eigenvalue weighted by Crippen LogP contribution is -2.27. The van der Waals surface area contributed by atoms with Crippen molar-refractivity contribution >= 4 is 15.9 Å². The van der Waals surface area contributed by atoms with Crippen molar-refractivity contribution in [3.8, 4) is 11.5 Å². The highest BCUT2D eigenvalue weighted by Gasteiger charge is 2.22. The van der Waals surface area contributed by atoms with Crippen molar-refractivity contribution < 1.29 is 22.7 Å². The van der Waals surface area contributed by atoms with Crippen LogP contribution in [-0.2, 0) is 23.1 Å². The number of aryl methyl sites for hydroxylation is 1. The van der Waals surface area contributed by atoms with Crippen molar-refractivity contribution in [2.24, 2.45) is 0 Å². The van der Waals surface area contributed by atoms with E-state index in [4.69, 9.17) is 9.47 Å².